The lowest BCUT2D eigenvalue weighted by Crippen LogP contribution is -2.26. The molecule has 0 amide bonds. The Bertz CT molecular complexity index is 1210. The number of nitrogens with zero attached hydrogens (tertiary/aromatic N) is 2. The molecule has 6 nitrogen and oxygen atoms in total. The Hall–Kier alpha value is -2.93. The van der Waals surface area contributed by atoms with Crippen molar-refractivity contribution < 1.29 is 19.0 Å². The first-order chi connectivity index (χ1) is 15.8. The fourth-order valence-electron chi connectivity index (χ4n) is 4.81. The highest BCUT2D eigenvalue weighted by Crippen LogP contribution is 2.29. The van der Waals surface area contributed by atoms with E-state index in [4.69, 9.17) is 4.74 Å². The SMILES string of the molecule is CC(F)Oc1cccc(-n2c(=O)n(C(C)C)c3cc(C(=O)C[C@H]4CCCC[C@@H]4O)ccc32)c1. The monoisotopic (exact) mass is 454 g/mol. The van der Waals surface area contributed by atoms with Gasteiger partial charge in [-0.15, -0.1) is 0 Å². The van der Waals surface area contributed by atoms with E-state index in [2.05, 4.69) is 0 Å². The van der Waals surface area contributed by atoms with Gasteiger partial charge in [0.15, 0.2) is 5.78 Å². The minimum Gasteiger partial charge on any atom is -0.461 e. The second-order valence-electron chi connectivity index (χ2n) is 9.18. The molecule has 1 fully saturated rings. The summed E-state index contributed by atoms with van der Waals surface area (Å²) < 4.78 is 21.7. The van der Waals surface area contributed by atoms with Crippen LogP contribution in [0.5, 0.6) is 5.75 Å². The van der Waals surface area contributed by atoms with Crippen LogP contribution in [-0.4, -0.2) is 32.5 Å². The zero-order chi connectivity index (χ0) is 23.7. The fourth-order valence-corrected chi connectivity index (χ4v) is 4.81. The molecule has 0 aliphatic heterocycles. The van der Waals surface area contributed by atoms with E-state index in [1.54, 1.807) is 51.6 Å². The number of alkyl halides is 1. The van der Waals surface area contributed by atoms with Gasteiger partial charge < -0.3 is 9.84 Å². The molecule has 4 rings (SSSR count). The van der Waals surface area contributed by atoms with E-state index in [-0.39, 0.29) is 23.4 Å². The summed E-state index contributed by atoms with van der Waals surface area (Å²) >= 11 is 0. The quantitative estimate of drug-likeness (QED) is 0.499. The average molecular weight is 455 g/mol. The Morgan fingerprint density at radius 2 is 1.88 bits per heavy atom. The van der Waals surface area contributed by atoms with Crippen LogP contribution in [0.1, 0.15) is 69.3 Å². The zero-order valence-electron chi connectivity index (χ0n) is 19.3. The molecular weight excluding hydrogens is 423 g/mol. The van der Waals surface area contributed by atoms with Crippen molar-refractivity contribution in [1.82, 2.24) is 9.13 Å². The number of halogens is 1. The molecule has 0 bridgehead atoms. The van der Waals surface area contributed by atoms with E-state index < -0.39 is 12.5 Å². The number of hydrogen-bond acceptors (Lipinski definition) is 4. The Labute approximate surface area is 192 Å². The van der Waals surface area contributed by atoms with Gasteiger partial charge >= 0.3 is 5.69 Å². The number of aliphatic hydroxyl groups excluding tert-OH is 1. The van der Waals surface area contributed by atoms with E-state index in [1.807, 2.05) is 13.8 Å². The maximum absolute atomic E-state index is 13.4. The van der Waals surface area contributed by atoms with Gasteiger partial charge in [-0.2, -0.15) is 0 Å². The first-order valence-electron chi connectivity index (χ1n) is 11.7. The highest BCUT2D eigenvalue weighted by atomic mass is 19.1. The van der Waals surface area contributed by atoms with Crippen LogP contribution in [0.2, 0.25) is 0 Å². The van der Waals surface area contributed by atoms with Gasteiger partial charge in [0.2, 0.25) is 6.36 Å². The highest BCUT2D eigenvalue weighted by Gasteiger charge is 2.26. The van der Waals surface area contributed by atoms with Gasteiger partial charge in [-0.05, 0) is 62.9 Å². The number of carbonyl (C=O) groups is 1. The number of hydrogen-bond donors (Lipinski definition) is 1. The Morgan fingerprint density at radius 1 is 1.12 bits per heavy atom. The van der Waals surface area contributed by atoms with Crippen LogP contribution in [0.3, 0.4) is 0 Å². The summed E-state index contributed by atoms with van der Waals surface area (Å²) in [5.41, 5.74) is 2.18. The number of ether oxygens (including phenoxy) is 1. The van der Waals surface area contributed by atoms with Crippen LogP contribution < -0.4 is 10.4 Å². The summed E-state index contributed by atoms with van der Waals surface area (Å²) in [6.45, 7) is 5.14. The Balaban J connectivity index is 1.76. The number of carbonyl (C=O) groups excluding carboxylic acids is 1. The van der Waals surface area contributed by atoms with Crippen molar-refractivity contribution in [3.05, 3.63) is 58.5 Å². The van der Waals surface area contributed by atoms with E-state index in [0.29, 0.717) is 34.5 Å². The minimum atomic E-state index is -1.47. The number of benzene rings is 2. The summed E-state index contributed by atoms with van der Waals surface area (Å²) in [6, 6.07) is 11.9. The molecule has 33 heavy (non-hydrogen) atoms. The molecule has 1 heterocycles. The van der Waals surface area contributed by atoms with Crippen molar-refractivity contribution in [2.24, 2.45) is 5.92 Å². The van der Waals surface area contributed by atoms with Crippen molar-refractivity contribution in [2.45, 2.75) is 71.4 Å². The lowest BCUT2D eigenvalue weighted by atomic mass is 9.82. The number of Topliss-reactive ketones (excluding diaryl/α,β-unsaturated/α-hetero) is 1. The molecule has 3 aromatic rings. The second-order valence-corrected chi connectivity index (χ2v) is 9.18. The van der Waals surface area contributed by atoms with Gasteiger partial charge in [-0.25, -0.2) is 9.18 Å². The topological polar surface area (TPSA) is 73.5 Å². The van der Waals surface area contributed by atoms with Crippen molar-refractivity contribution in [3.8, 4) is 11.4 Å². The van der Waals surface area contributed by atoms with Crippen molar-refractivity contribution in [1.29, 1.82) is 0 Å². The molecule has 1 N–H and O–H groups in total. The molecule has 1 saturated carbocycles. The van der Waals surface area contributed by atoms with E-state index in [9.17, 15) is 19.1 Å². The highest BCUT2D eigenvalue weighted by molar-refractivity contribution is 5.99. The number of aliphatic hydroxyl groups is 1. The summed E-state index contributed by atoms with van der Waals surface area (Å²) in [5, 5.41) is 10.3. The third kappa shape index (κ3) is 4.74. The molecule has 176 valence electrons. The average Bonchev–Trinajstić information content (AvgIpc) is 3.06. The predicted octanol–water partition coefficient (Wildman–Crippen LogP) is 5.19. The van der Waals surface area contributed by atoms with Crippen LogP contribution in [0.4, 0.5) is 4.39 Å². The van der Waals surface area contributed by atoms with E-state index in [1.165, 1.54) is 6.92 Å². The van der Waals surface area contributed by atoms with Gasteiger partial charge in [0.1, 0.15) is 5.75 Å². The predicted molar refractivity (Wildman–Crippen MR) is 126 cm³/mol. The largest absolute Gasteiger partial charge is 0.461 e. The van der Waals surface area contributed by atoms with Gasteiger partial charge in [-0.1, -0.05) is 18.9 Å². The molecule has 0 radical (unpaired) electrons. The molecule has 1 unspecified atom stereocenters. The van der Waals surface area contributed by atoms with Crippen LogP contribution in [0.15, 0.2) is 47.3 Å². The molecule has 3 atom stereocenters. The number of rotatable bonds is 7. The smallest absolute Gasteiger partial charge is 0.333 e. The van der Waals surface area contributed by atoms with E-state index in [0.717, 1.165) is 25.7 Å². The lowest BCUT2D eigenvalue weighted by molar-refractivity contribution is 0.0583. The van der Waals surface area contributed by atoms with Crippen LogP contribution >= 0.6 is 0 Å². The van der Waals surface area contributed by atoms with Gasteiger partial charge in [0, 0.05) is 31.0 Å². The first kappa shape index (κ1) is 23.2. The van der Waals surface area contributed by atoms with Gasteiger partial charge in [-0.3, -0.25) is 13.9 Å². The summed E-state index contributed by atoms with van der Waals surface area (Å²) in [6.07, 6.45) is 2.05. The van der Waals surface area contributed by atoms with Crippen molar-refractivity contribution in [3.63, 3.8) is 0 Å². The van der Waals surface area contributed by atoms with Crippen molar-refractivity contribution in [2.75, 3.05) is 0 Å². The molecule has 1 aliphatic carbocycles. The van der Waals surface area contributed by atoms with E-state index >= 15 is 0 Å². The molecular formula is C26H31FN2O4. The summed E-state index contributed by atoms with van der Waals surface area (Å²) in [7, 11) is 0. The van der Waals surface area contributed by atoms with Gasteiger partial charge in [0.05, 0.1) is 22.8 Å². The molecule has 0 saturated heterocycles. The number of imidazole rings is 1. The maximum Gasteiger partial charge on any atom is 0.333 e. The fraction of sp³-hybridized carbons (Fsp3) is 0.462. The van der Waals surface area contributed by atoms with Crippen LogP contribution in [0.25, 0.3) is 16.7 Å². The first-order valence-corrected chi connectivity index (χ1v) is 11.7. The summed E-state index contributed by atoms with van der Waals surface area (Å²) in [4.78, 5) is 26.4. The molecule has 2 aromatic carbocycles. The second kappa shape index (κ2) is 9.51. The Kier molecular flexibility index (Phi) is 6.70. The summed E-state index contributed by atoms with van der Waals surface area (Å²) in [5.74, 6) is 0.294. The zero-order valence-corrected chi connectivity index (χ0v) is 19.3. The van der Waals surface area contributed by atoms with Crippen molar-refractivity contribution >= 4 is 16.8 Å². The lowest BCUT2D eigenvalue weighted by Gasteiger charge is -2.26. The molecule has 1 aromatic heterocycles. The molecule has 1 aliphatic rings. The van der Waals surface area contributed by atoms with Crippen LogP contribution in [-0.2, 0) is 0 Å². The minimum absolute atomic E-state index is 0.0144. The molecule has 7 heteroatoms. The number of aromatic nitrogens is 2. The normalized spacial score (nSPS) is 19.7. The van der Waals surface area contributed by atoms with Gasteiger partial charge in [0.25, 0.3) is 0 Å². The standard InChI is InChI=1S/C26H31FN2O4/c1-16(2)28-23-13-19(25(31)14-18-7-4-5-10-24(18)30)11-12-22(23)29(26(28)32)20-8-6-9-21(15-20)33-17(3)27/h6,8-9,11-13,15-18,24,30H,4-5,7,10,14H2,1-3H3/t17?,18-,24+/m1/s1. The molecule has 0 spiro atoms. The number of ketones is 1. The Morgan fingerprint density at radius 3 is 2.58 bits per heavy atom. The maximum atomic E-state index is 13.4. The number of fused-ring (bicyclic) bond motifs is 1. The third-order valence-corrected chi connectivity index (χ3v) is 6.40. The van der Waals surface area contributed by atoms with Crippen LogP contribution in [0, 0.1) is 5.92 Å². The third-order valence-electron chi connectivity index (χ3n) is 6.40.